The van der Waals surface area contributed by atoms with Crippen molar-refractivity contribution in [2.75, 3.05) is 33.5 Å². The molecule has 8 heteroatoms. The third kappa shape index (κ3) is 8.16. The van der Waals surface area contributed by atoms with Gasteiger partial charge in [-0.25, -0.2) is 9.79 Å². The van der Waals surface area contributed by atoms with E-state index in [0.29, 0.717) is 44.6 Å². The van der Waals surface area contributed by atoms with Crippen molar-refractivity contribution in [1.82, 2.24) is 10.6 Å². The Hall–Kier alpha value is -3.00. The first kappa shape index (κ1) is 23.3. The number of ether oxygens (including phenoxy) is 3. The zero-order chi connectivity index (χ0) is 21.6. The van der Waals surface area contributed by atoms with Crippen LogP contribution in [0.15, 0.2) is 45.8 Å². The summed E-state index contributed by atoms with van der Waals surface area (Å²) in [5, 5.41) is 6.52. The molecule has 0 saturated heterocycles. The van der Waals surface area contributed by atoms with Crippen molar-refractivity contribution >= 4 is 11.9 Å². The maximum atomic E-state index is 11.7. The van der Waals surface area contributed by atoms with Gasteiger partial charge in [0.05, 0.1) is 26.8 Å². The summed E-state index contributed by atoms with van der Waals surface area (Å²) in [6.45, 7) is 7.06. The zero-order valence-corrected chi connectivity index (χ0v) is 17.9. The first-order chi connectivity index (χ1) is 14.7. The maximum absolute atomic E-state index is 11.7. The largest absolute Gasteiger partial charge is 0.497 e. The van der Waals surface area contributed by atoms with Crippen LogP contribution in [-0.2, 0) is 22.6 Å². The zero-order valence-electron chi connectivity index (χ0n) is 17.9. The molecular weight excluding hydrogens is 386 g/mol. The van der Waals surface area contributed by atoms with Gasteiger partial charge in [-0.2, -0.15) is 0 Å². The van der Waals surface area contributed by atoms with Crippen molar-refractivity contribution < 1.29 is 23.4 Å². The van der Waals surface area contributed by atoms with Crippen molar-refractivity contribution in [3.05, 3.63) is 53.5 Å². The molecular formula is C22H31N3O5. The molecule has 0 aliphatic heterocycles. The molecule has 0 spiro atoms. The quantitative estimate of drug-likeness (QED) is 0.237. The normalized spacial score (nSPS) is 11.2. The van der Waals surface area contributed by atoms with Gasteiger partial charge in [0.2, 0.25) is 5.76 Å². The van der Waals surface area contributed by atoms with Gasteiger partial charge in [0.1, 0.15) is 11.5 Å². The van der Waals surface area contributed by atoms with E-state index in [1.54, 1.807) is 26.2 Å². The molecule has 2 rings (SSSR count). The van der Waals surface area contributed by atoms with Gasteiger partial charge in [0.25, 0.3) is 0 Å². The van der Waals surface area contributed by atoms with Gasteiger partial charge in [-0.3, -0.25) is 0 Å². The molecule has 0 fully saturated rings. The Labute approximate surface area is 177 Å². The number of nitrogens with one attached hydrogen (secondary N) is 2. The molecule has 0 atom stereocenters. The van der Waals surface area contributed by atoms with Crippen molar-refractivity contribution in [1.29, 1.82) is 0 Å². The molecule has 2 N–H and O–H groups in total. The number of carbonyl (C=O) groups is 1. The van der Waals surface area contributed by atoms with Crippen LogP contribution in [0.5, 0.6) is 5.75 Å². The highest BCUT2D eigenvalue weighted by molar-refractivity contribution is 5.86. The molecule has 0 saturated carbocycles. The van der Waals surface area contributed by atoms with Crippen LogP contribution in [-0.4, -0.2) is 45.4 Å². The number of furan rings is 1. The van der Waals surface area contributed by atoms with Crippen LogP contribution in [0.4, 0.5) is 0 Å². The second-order valence-corrected chi connectivity index (χ2v) is 6.33. The number of carbonyl (C=O) groups excluding carboxylic acids is 1. The summed E-state index contributed by atoms with van der Waals surface area (Å²) in [4.78, 5) is 16.4. The molecule has 1 aromatic heterocycles. The molecule has 164 valence electrons. The molecule has 1 heterocycles. The summed E-state index contributed by atoms with van der Waals surface area (Å²) in [6, 6.07) is 11.1. The van der Waals surface area contributed by atoms with Gasteiger partial charge in [-0.05, 0) is 50.1 Å². The lowest BCUT2D eigenvalue weighted by atomic mass is 10.2. The molecule has 0 bridgehead atoms. The van der Waals surface area contributed by atoms with Gasteiger partial charge in [0.15, 0.2) is 5.96 Å². The minimum Gasteiger partial charge on any atom is -0.497 e. The summed E-state index contributed by atoms with van der Waals surface area (Å²) >= 11 is 0. The molecule has 30 heavy (non-hydrogen) atoms. The maximum Gasteiger partial charge on any atom is 0.374 e. The van der Waals surface area contributed by atoms with E-state index in [4.69, 9.17) is 18.6 Å². The predicted octanol–water partition coefficient (Wildman–Crippen LogP) is 3.13. The summed E-state index contributed by atoms with van der Waals surface area (Å²) in [5.41, 5.74) is 1.06. The third-order valence-corrected chi connectivity index (χ3v) is 4.11. The molecule has 0 unspecified atom stereocenters. The highest BCUT2D eigenvalue weighted by atomic mass is 16.5. The van der Waals surface area contributed by atoms with Crippen molar-refractivity contribution in [3.63, 3.8) is 0 Å². The number of nitrogens with zero attached hydrogens (tertiary/aromatic N) is 1. The fourth-order valence-corrected chi connectivity index (χ4v) is 2.56. The SMILES string of the molecule is CCOCCCNC(=NCc1ccc(OC)cc1)NCc1ccc(C(=O)OCC)o1. The Bertz CT molecular complexity index is 786. The standard InChI is InChI=1S/C22H31N3O5/c1-4-28-14-6-13-23-22(24-15-17-7-9-18(27-3)10-8-17)25-16-19-11-12-20(30-19)21(26)29-5-2/h7-12H,4-6,13-16H2,1-3H3,(H2,23,24,25). The van der Waals surface area contributed by atoms with Gasteiger partial charge < -0.3 is 29.3 Å². The molecule has 8 nitrogen and oxygen atoms in total. The second kappa shape index (κ2) is 13.3. The average molecular weight is 418 g/mol. The first-order valence-corrected chi connectivity index (χ1v) is 10.1. The number of guanidine groups is 1. The lowest BCUT2D eigenvalue weighted by Crippen LogP contribution is -2.37. The highest BCUT2D eigenvalue weighted by Gasteiger charge is 2.12. The fourth-order valence-electron chi connectivity index (χ4n) is 2.56. The number of aliphatic imine (C=N–C) groups is 1. The number of hydrogen-bond acceptors (Lipinski definition) is 6. The van der Waals surface area contributed by atoms with E-state index in [2.05, 4.69) is 15.6 Å². The summed E-state index contributed by atoms with van der Waals surface area (Å²) in [5.74, 6) is 1.80. The van der Waals surface area contributed by atoms with E-state index in [0.717, 1.165) is 24.3 Å². The predicted molar refractivity (Wildman–Crippen MR) is 115 cm³/mol. The van der Waals surface area contributed by atoms with Crippen LogP contribution in [0.1, 0.15) is 42.1 Å². The van der Waals surface area contributed by atoms with E-state index in [1.165, 1.54) is 0 Å². The Morgan fingerprint density at radius 3 is 2.57 bits per heavy atom. The number of benzene rings is 1. The summed E-state index contributed by atoms with van der Waals surface area (Å²) in [6.07, 6.45) is 0.866. The minimum atomic E-state index is -0.466. The van der Waals surface area contributed by atoms with E-state index in [9.17, 15) is 4.79 Å². The van der Waals surface area contributed by atoms with Gasteiger partial charge >= 0.3 is 5.97 Å². The van der Waals surface area contributed by atoms with E-state index >= 15 is 0 Å². The first-order valence-electron chi connectivity index (χ1n) is 10.1. The monoisotopic (exact) mass is 417 g/mol. The molecule has 0 radical (unpaired) electrons. The third-order valence-electron chi connectivity index (χ3n) is 4.11. The van der Waals surface area contributed by atoms with Crippen LogP contribution < -0.4 is 15.4 Å². The van der Waals surface area contributed by atoms with Gasteiger partial charge in [-0.15, -0.1) is 0 Å². The number of hydrogen-bond donors (Lipinski definition) is 2. The number of esters is 1. The molecule has 0 aliphatic rings. The Morgan fingerprint density at radius 2 is 1.87 bits per heavy atom. The van der Waals surface area contributed by atoms with Crippen LogP contribution in [0.25, 0.3) is 0 Å². The number of methoxy groups -OCH3 is 1. The van der Waals surface area contributed by atoms with Crippen LogP contribution in [0.2, 0.25) is 0 Å². The summed E-state index contributed by atoms with van der Waals surface area (Å²) in [7, 11) is 1.64. The number of rotatable bonds is 12. The Morgan fingerprint density at radius 1 is 1.07 bits per heavy atom. The minimum absolute atomic E-state index is 0.190. The van der Waals surface area contributed by atoms with Crippen molar-refractivity contribution in [2.45, 2.75) is 33.4 Å². The Balaban J connectivity index is 1.94. The van der Waals surface area contributed by atoms with E-state index in [1.807, 2.05) is 31.2 Å². The molecule has 2 aromatic rings. The average Bonchev–Trinajstić information content (AvgIpc) is 3.24. The van der Waals surface area contributed by atoms with E-state index in [-0.39, 0.29) is 5.76 Å². The molecule has 0 aliphatic carbocycles. The van der Waals surface area contributed by atoms with Crippen molar-refractivity contribution in [2.24, 2.45) is 4.99 Å². The van der Waals surface area contributed by atoms with Crippen LogP contribution in [0.3, 0.4) is 0 Å². The van der Waals surface area contributed by atoms with Crippen LogP contribution in [0, 0.1) is 0 Å². The van der Waals surface area contributed by atoms with E-state index < -0.39 is 5.97 Å². The molecule has 1 aromatic carbocycles. The lowest BCUT2D eigenvalue weighted by Gasteiger charge is -2.12. The molecule has 0 amide bonds. The second-order valence-electron chi connectivity index (χ2n) is 6.33. The Kier molecular flexibility index (Phi) is 10.3. The van der Waals surface area contributed by atoms with Crippen molar-refractivity contribution in [3.8, 4) is 5.75 Å². The van der Waals surface area contributed by atoms with Gasteiger partial charge in [0, 0.05) is 19.8 Å². The highest BCUT2D eigenvalue weighted by Crippen LogP contribution is 2.12. The lowest BCUT2D eigenvalue weighted by molar-refractivity contribution is 0.0488. The topological polar surface area (TPSA) is 94.3 Å². The summed E-state index contributed by atoms with van der Waals surface area (Å²) < 4.78 is 21.0. The van der Waals surface area contributed by atoms with Gasteiger partial charge in [-0.1, -0.05) is 12.1 Å². The van der Waals surface area contributed by atoms with Crippen LogP contribution >= 0.6 is 0 Å². The fraction of sp³-hybridized carbons (Fsp3) is 0.455. The smallest absolute Gasteiger partial charge is 0.374 e.